The highest BCUT2D eigenvalue weighted by atomic mass is 32.1. The van der Waals surface area contributed by atoms with E-state index in [-0.39, 0.29) is 10.6 Å². The number of rotatable bonds is 3. The first-order chi connectivity index (χ1) is 7.25. The van der Waals surface area contributed by atoms with Crippen molar-refractivity contribution < 1.29 is 4.92 Å². The fourth-order valence-electron chi connectivity index (χ4n) is 1.39. The van der Waals surface area contributed by atoms with Gasteiger partial charge in [-0.1, -0.05) is 18.2 Å². The first kappa shape index (κ1) is 9.86. The molecule has 0 unspecified atom stereocenters. The molecule has 1 heterocycles. The lowest BCUT2D eigenvalue weighted by atomic mass is 10.1. The molecule has 4 heteroatoms. The van der Waals surface area contributed by atoms with E-state index < -0.39 is 0 Å². The van der Waals surface area contributed by atoms with E-state index in [4.69, 9.17) is 0 Å². The van der Waals surface area contributed by atoms with Crippen molar-refractivity contribution in [1.82, 2.24) is 0 Å². The SMILES string of the molecule is O=[N+]([O-])c1cccc(Cc2cccs2)c1. The molecule has 0 saturated heterocycles. The van der Waals surface area contributed by atoms with Crippen LogP contribution >= 0.6 is 11.3 Å². The van der Waals surface area contributed by atoms with Crippen LogP contribution < -0.4 is 0 Å². The molecule has 0 aliphatic carbocycles. The zero-order valence-corrected chi connectivity index (χ0v) is 8.74. The zero-order valence-electron chi connectivity index (χ0n) is 7.92. The van der Waals surface area contributed by atoms with Gasteiger partial charge in [-0.3, -0.25) is 10.1 Å². The van der Waals surface area contributed by atoms with E-state index >= 15 is 0 Å². The second-order valence-electron chi connectivity index (χ2n) is 3.18. The Kier molecular flexibility index (Phi) is 2.78. The van der Waals surface area contributed by atoms with Crippen LogP contribution in [0.1, 0.15) is 10.4 Å². The summed E-state index contributed by atoms with van der Waals surface area (Å²) >= 11 is 1.66. The minimum atomic E-state index is -0.363. The van der Waals surface area contributed by atoms with Crippen LogP contribution in [0.5, 0.6) is 0 Å². The van der Waals surface area contributed by atoms with E-state index in [1.807, 2.05) is 23.6 Å². The molecule has 0 atom stereocenters. The van der Waals surface area contributed by atoms with Gasteiger partial charge in [0.2, 0.25) is 0 Å². The van der Waals surface area contributed by atoms with Gasteiger partial charge in [-0.25, -0.2) is 0 Å². The Balaban J connectivity index is 2.22. The number of benzene rings is 1. The summed E-state index contributed by atoms with van der Waals surface area (Å²) in [6.45, 7) is 0. The van der Waals surface area contributed by atoms with Gasteiger partial charge in [0.1, 0.15) is 0 Å². The van der Waals surface area contributed by atoms with E-state index in [1.54, 1.807) is 23.5 Å². The summed E-state index contributed by atoms with van der Waals surface area (Å²) in [5.41, 5.74) is 1.13. The Labute approximate surface area is 91.1 Å². The second kappa shape index (κ2) is 4.23. The van der Waals surface area contributed by atoms with Crippen molar-refractivity contribution in [2.45, 2.75) is 6.42 Å². The van der Waals surface area contributed by atoms with Gasteiger partial charge in [0.05, 0.1) is 4.92 Å². The average Bonchev–Trinajstić information content (AvgIpc) is 2.71. The molecule has 0 bridgehead atoms. The fourth-order valence-corrected chi connectivity index (χ4v) is 2.13. The Bertz CT molecular complexity index is 465. The molecule has 15 heavy (non-hydrogen) atoms. The smallest absolute Gasteiger partial charge is 0.258 e. The van der Waals surface area contributed by atoms with Crippen LogP contribution in [-0.2, 0) is 6.42 Å². The number of non-ortho nitro benzene ring substituents is 1. The van der Waals surface area contributed by atoms with Gasteiger partial charge < -0.3 is 0 Å². The summed E-state index contributed by atoms with van der Waals surface area (Å²) in [6.07, 6.45) is 0.763. The summed E-state index contributed by atoms with van der Waals surface area (Å²) in [4.78, 5) is 11.4. The molecule has 1 aromatic heterocycles. The third kappa shape index (κ3) is 2.41. The Morgan fingerprint density at radius 1 is 1.27 bits per heavy atom. The molecule has 0 fully saturated rings. The lowest BCUT2D eigenvalue weighted by Crippen LogP contribution is -1.90. The monoisotopic (exact) mass is 219 g/mol. The predicted molar refractivity (Wildman–Crippen MR) is 60.2 cm³/mol. The van der Waals surface area contributed by atoms with E-state index in [2.05, 4.69) is 0 Å². The molecule has 1 aromatic carbocycles. The second-order valence-corrected chi connectivity index (χ2v) is 4.22. The fraction of sp³-hybridized carbons (Fsp3) is 0.0909. The number of hydrogen-bond acceptors (Lipinski definition) is 3. The molecule has 0 amide bonds. The minimum Gasteiger partial charge on any atom is -0.258 e. The highest BCUT2D eigenvalue weighted by molar-refractivity contribution is 7.09. The van der Waals surface area contributed by atoms with Gasteiger partial charge in [0, 0.05) is 23.4 Å². The maximum absolute atomic E-state index is 10.6. The molecule has 0 saturated carbocycles. The predicted octanol–water partition coefficient (Wildman–Crippen LogP) is 3.25. The largest absolute Gasteiger partial charge is 0.269 e. The summed E-state index contributed by atoms with van der Waals surface area (Å²) < 4.78 is 0. The first-order valence-corrected chi connectivity index (χ1v) is 5.39. The number of thiophene rings is 1. The van der Waals surface area contributed by atoms with Crippen molar-refractivity contribution in [1.29, 1.82) is 0 Å². The maximum Gasteiger partial charge on any atom is 0.269 e. The van der Waals surface area contributed by atoms with Crippen LogP contribution in [0, 0.1) is 10.1 Å². The average molecular weight is 219 g/mol. The van der Waals surface area contributed by atoms with Crippen LogP contribution in [0.4, 0.5) is 5.69 Å². The molecular formula is C11H9NO2S. The molecule has 0 N–H and O–H groups in total. The summed E-state index contributed by atoms with van der Waals surface area (Å²) in [5.74, 6) is 0. The van der Waals surface area contributed by atoms with Crippen LogP contribution in [0.2, 0.25) is 0 Å². The van der Waals surface area contributed by atoms with Gasteiger partial charge in [-0.15, -0.1) is 11.3 Å². The molecule has 2 rings (SSSR count). The number of nitro groups is 1. The molecule has 0 radical (unpaired) electrons. The molecule has 76 valence electrons. The molecule has 0 aliphatic heterocycles. The summed E-state index contributed by atoms with van der Waals surface area (Å²) in [5, 5.41) is 12.6. The third-order valence-corrected chi connectivity index (χ3v) is 2.96. The standard InChI is InChI=1S/C11H9NO2S/c13-12(14)10-4-1-3-9(7-10)8-11-5-2-6-15-11/h1-7H,8H2. The van der Waals surface area contributed by atoms with Crippen LogP contribution in [-0.4, -0.2) is 4.92 Å². The molecule has 0 aliphatic rings. The van der Waals surface area contributed by atoms with Gasteiger partial charge in [-0.05, 0) is 17.0 Å². The number of nitro benzene ring substituents is 1. The molecule has 3 nitrogen and oxygen atoms in total. The Morgan fingerprint density at radius 3 is 2.80 bits per heavy atom. The van der Waals surface area contributed by atoms with Gasteiger partial charge in [0.25, 0.3) is 5.69 Å². The maximum atomic E-state index is 10.6. The number of hydrogen-bond donors (Lipinski definition) is 0. The first-order valence-electron chi connectivity index (χ1n) is 4.51. The molecular weight excluding hydrogens is 210 g/mol. The molecule has 0 spiro atoms. The number of nitrogens with zero attached hydrogens (tertiary/aromatic N) is 1. The quantitative estimate of drug-likeness (QED) is 0.587. The lowest BCUT2D eigenvalue weighted by molar-refractivity contribution is -0.384. The normalized spacial score (nSPS) is 10.1. The highest BCUT2D eigenvalue weighted by Crippen LogP contribution is 2.18. The van der Waals surface area contributed by atoms with E-state index in [9.17, 15) is 10.1 Å². The van der Waals surface area contributed by atoms with Crippen molar-refractivity contribution in [3.05, 3.63) is 62.3 Å². The topological polar surface area (TPSA) is 43.1 Å². The lowest BCUT2D eigenvalue weighted by Gasteiger charge is -1.98. The third-order valence-electron chi connectivity index (χ3n) is 2.08. The van der Waals surface area contributed by atoms with Gasteiger partial charge in [0.15, 0.2) is 0 Å². The minimum absolute atomic E-state index is 0.157. The molecule has 2 aromatic rings. The summed E-state index contributed by atoms with van der Waals surface area (Å²) in [7, 11) is 0. The van der Waals surface area contributed by atoms with E-state index in [1.165, 1.54) is 10.9 Å². The van der Waals surface area contributed by atoms with Crippen LogP contribution in [0.15, 0.2) is 41.8 Å². The van der Waals surface area contributed by atoms with Crippen molar-refractivity contribution in [3.63, 3.8) is 0 Å². The van der Waals surface area contributed by atoms with Crippen molar-refractivity contribution in [2.24, 2.45) is 0 Å². The van der Waals surface area contributed by atoms with Crippen molar-refractivity contribution in [3.8, 4) is 0 Å². The van der Waals surface area contributed by atoms with Crippen molar-refractivity contribution in [2.75, 3.05) is 0 Å². The van der Waals surface area contributed by atoms with E-state index in [0.29, 0.717) is 0 Å². The van der Waals surface area contributed by atoms with Crippen molar-refractivity contribution >= 4 is 17.0 Å². The van der Waals surface area contributed by atoms with Gasteiger partial charge in [-0.2, -0.15) is 0 Å². The van der Waals surface area contributed by atoms with Crippen LogP contribution in [0.25, 0.3) is 0 Å². The van der Waals surface area contributed by atoms with E-state index in [0.717, 1.165) is 12.0 Å². The summed E-state index contributed by atoms with van der Waals surface area (Å²) in [6, 6.07) is 10.8. The van der Waals surface area contributed by atoms with Gasteiger partial charge >= 0.3 is 0 Å². The zero-order chi connectivity index (χ0) is 10.7. The highest BCUT2D eigenvalue weighted by Gasteiger charge is 2.05. The van der Waals surface area contributed by atoms with Crippen LogP contribution in [0.3, 0.4) is 0 Å². The Morgan fingerprint density at radius 2 is 2.13 bits per heavy atom. The Hall–Kier alpha value is -1.68.